The summed E-state index contributed by atoms with van der Waals surface area (Å²) in [4.78, 5) is 4.17. The van der Waals surface area contributed by atoms with Crippen molar-refractivity contribution in [2.75, 3.05) is 0 Å². The first-order chi connectivity index (χ1) is 9.62. The monoisotopic (exact) mass is 268 g/mol. The van der Waals surface area contributed by atoms with E-state index in [9.17, 15) is 8.78 Å². The van der Waals surface area contributed by atoms with Gasteiger partial charge in [0.15, 0.2) is 5.82 Å². The van der Waals surface area contributed by atoms with Crippen molar-refractivity contribution in [1.82, 2.24) is 4.98 Å². The Balaban J connectivity index is 2.71. The lowest BCUT2D eigenvalue weighted by molar-refractivity contribution is 0.570. The fourth-order valence-corrected chi connectivity index (χ4v) is 1.87. The van der Waals surface area contributed by atoms with Crippen molar-refractivity contribution in [1.29, 1.82) is 5.26 Å². The molecule has 0 aliphatic heterocycles. The summed E-state index contributed by atoms with van der Waals surface area (Å²) in [6.45, 7) is 10.9. The van der Waals surface area contributed by atoms with Crippen LogP contribution in [0.4, 0.5) is 8.78 Å². The average molecular weight is 268 g/mol. The first kappa shape index (κ1) is 14.1. The van der Waals surface area contributed by atoms with Crippen molar-refractivity contribution < 1.29 is 8.78 Å². The minimum Gasteiger partial charge on any atom is -0.253 e. The van der Waals surface area contributed by atoms with Crippen LogP contribution in [0.5, 0.6) is 0 Å². The van der Waals surface area contributed by atoms with Crippen LogP contribution in [-0.4, -0.2) is 4.98 Å². The van der Waals surface area contributed by atoms with Crippen LogP contribution >= 0.6 is 0 Å². The lowest BCUT2D eigenvalue weighted by Gasteiger charge is -2.09. The standard InChI is InChI=1S/C16H10F2N2/c1-3-10-8-12(16(18)13(9-19)15(10)17)14-7-5-6-11(4-2)20-14/h1-2,5-8H,3-4H2. The molecule has 2 nitrogen and oxygen atoms in total. The number of halogens is 2. The van der Waals surface area contributed by atoms with Crippen molar-refractivity contribution in [3.8, 4) is 17.3 Å². The highest BCUT2D eigenvalue weighted by Gasteiger charge is 2.19. The molecule has 98 valence electrons. The van der Waals surface area contributed by atoms with E-state index < -0.39 is 17.2 Å². The molecule has 0 fully saturated rings. The largest absolute Gasteiger partial charge is 0.253 e. The first-order valence-electron chi connectivity index (χ1n) is 5.89. The Hall–Kier alpha value is -2.28. The lowest BCUT2D eigenvalue weighted by Crippen LogP contribution is -2.01. The summed E-state index contributed by atoms with van der Waals surface area (Å²) in [7, 11) is 0. The summed E-state index contributed by atoms with van der Waals surface area (Å²) in [6.07, 6.45) is 0.0654. The van der Waals surface area contributed by atoms with Gasteiger partial charge in [-0.25, -0.2) is 8.78 Å². The van der Waals surface area contributed by atoms with Crippen molar-refractivity contribution in [2.24, 2.45) is 0 Å². The van der Waals surface area contributed by atoms with Gasteiger partial charge in [0, 0.05) is 11.3 Å². The predicted molar refractivity (Wildman–Crippen MR) is 70.3 cm³/mol. The molecule has 4 heteroatoms. The fourth-order valence-electron chi connectivity index (χ4n) is 1.87. The number of nitriles is 1. The van der Waals surface area contributed by atoms with E-state index in [1.165, 1.54) is 12.1 Å². The van der Waals surface area contributed by atoms with Gasteiger partial charge in [0.25, 0.3) is 0 Å². The van der Waals surface area contributed by atoms with Crippen LogP contribution in [0.15, 0.2) is 24.3 Å². The molecule has 2 rings (SSSR count). The summed E-state index contributed by atoms with van der Waals surface area (Å²) >= 11 is 0. The van der Waals surface area contributed by atoms with Crippen molar-refractivity contribution in [3.63, 3.8) is 0 Å². The van der Waals surface area contributed by atoms with Gasteiger partial charge in [-0.15, -0.1) is 0 Å². The number of pyridine rings is 1. The van der Waals surface area contributed by atoms with Crippen molar-refractivity contribution >= 4 is 0 Å². The fraction of sp³-hybridized carbons (Fsp3) is 0.125. The van der Waals surface area contributed by atoms with Crippen LogP contribution in [0, 0.1) is 36.8 Å². The Labute approximate surface area is 116 Å². The van der Waals surface area contributed by atoms with Crippen LogP contribution in [0.1, 0.15) is 16.8 Å². The number of hydrogen-bond donors (Lipinski definition) is 0. The molecule has 0 unspecified atom stereocenters. The Morgan fingerprint density at radius 3 is 2.50 bits per heavy atom. The third-order valence-electron chi connectivity index (χ3n) is 2.90. The topological polar surface area (TPSA) is 36.7 Å². The van der Waals surface area contributed by atoms with E-state index in [1.54, 1.807) is 18.2 Å². The Morgan fingerprint density at radius 2 is 1.90 bits per heavy atom. The third kappa shape index (κ3) is 2.39. The van der Waals surface area contributed by atoms with Crippen molar-refractivity contribution in [3.05, 3.63) is 66.6 Å². The number of nitrogens with zero attached hydrogens (tertiary/aromatic N) is 2. The van der Waals surface area contributed by atoms with Gasteiger partial charge < -0.3 is 0 Å². The van der Waals surface area contributed by atoms with Crippen molar-refractivity contribution in [2.45, 2.75) is 12.8 Å². The average Bonchev–Trinajstić information content (AvgIpc) is 2.48. The second kappa shape index (κ2) is 5.79. The molecule has 0 aliphatic carbocycles. The quantitative estimate of drug-likeness (QED) is 0.855. The Kier molecular flexibility index (Phi) is 4.09. The molecule has 0 bridgehead atoms. The summed E-state index contributed by atoms with van der Waals surface area (Å²) in [5.41, 5.74) is 0.315. The SMILES string of the molecule is [CH]Cc1cccc(-c2cc(C[CH])c(F)c(C#N)c2F)n1. The highest BCUT2D eigenvalue weighted by molar-refractivity contribution is 5.64. The zero-order chi connectivity index (χ0) is 14.7. The van der Waals surface area contributed by atoms with E-state index in [0.29, 0.717) is 5.69 Å². The molecule has 0 spiro atoms. The van der Waals surface area contributed by atoms with Gasteiger partial charge in [-0.05, 0) is 50.5 Å². The van der Waals surface area contributed by atoms with Gasteiger partial charge in [0.1, 0.15) is 17.4 Å². The molecule has 0 atom stereocenters. The number of benzene rings is 1. The van der Waals surface area contributed by atoms with E-state index >= 15 is 0 Å². The third-order valence-corrected chi connectivity index (χ3v) is 2.90. The molecule has 1 aromatic heterocycles. The van der Waals surface area contributed by atoms with E-state index in [-0.39, 0.29) is 29.7 Å². The number of rotatable bonds is 3. The van der Waals surface area contributed by atoms with Gasteiger partial charge in [-0.1, -0.05) is 6.07 Å². The van der Waals surface area contributed by atoms with Gasteiger partial charge in [-0.3, -0.25) is 4.98 Å². The summed E-state index contributed by atoms with van der Waals surface area (Å²) in [5.74, 6) is -1.87. The second-order valence-electron chi connectivity index (χ2n) is 4.12. The number of aromatic nitrogens is 1. The van der Waals surface area contributed by atoms with Crippen LogP contribution in [-0.2, 0) is 12.8 Å². The molecule has 0 saturated carbocycles. The molecular weight excluding hydrogens is 258 g/mol. The highest BCUT2D eigenvalue weighted by Crippen LogP contribution is 2.28. The molecule has 1 heterocycles. The molecular formula is C16H10F2N2. The normalized spacial score (nSPS) is 10.3. The number of hydrogen-bond acceptors (Lipinski definition) is 2. The zero-order valence-corrected chi connectivity index (χ0v) is 10.5. The van der Waals surface area contributed by atoms with E-state index in [2.05, 4.69) is 4.98 Å². The van der Waals surface area contributed by atoms with E-state index in [1.807, 2.05) is 0 Å². The van der Waals surface area contributed by atoms with Crippen LogP contribution in [0.25, 0.3) is 11.3 Å². The van der Waals surface area contributed by atoms with Crippen LogP contribution in [0.3, 0.4) is 0 Å². The smallest absolute Gasteiger partial charge is 0.153 e. The second-order valence-corrected chi connectivity index (χ2v) is 4.12. The van der Waals surface area contributed by atoms with E-state index in [0.717, 1.165) is 0 Å². The summed E-state index contributed by atoms with van der Waals surface area (Å²) < 4.78 is 28.0. The van der Waals surface area contributed by atoms with Gasteiger partial charge in [0.05, 0.1) is 5.69 Å². The zero-order valence-electron chi connectivity index (χ0n) is 10.5. The maximum Gasteiger partial charge on any atom is 0.153 e. The Morgan fingerprint density at radius 1 is 1.15 bits per heavy atom. The maximum atomic E-state index is 14.2. The van der Waals surface area contributed by atoms with Gasteiger partial charge in [0.2, 0.25) is 0 Å². The maximum absolute atomic E-state index is 14.2. The summed E-state index contributed by atoms with van der Waals surface area (Å²) in [6, 6.07) is 7.72. The molecule has 1 aromatic carbocycles. The first-order valence-corrected chi connectivity index (χ1v) is 5.89. The molecule has 0 saturated heterocycles. The predicted octanol–water partition coefficient (Wildman–Crippen LogP) is 3.41. The molecule has 20 heavy (non-hydrogen) atoms. The molecule has 2 aromatic rings. The molecule has 4 radical (unpaired) electrons. The molecule has 0 aliphatic rings. The van der Waals surface area contributed by atoms with Gasteiger partial charge in [-0.2, -0.15) is 5.26 Å². The highest BCUT2D eigenvalue weighted by atomic mass is 19.1. The van der Waals surface area contributed by atoms with Gasteiger partial charge >= 0.3 is 0 Å². The molecule has 0 N–H and O–H groups in total. The molecule has 0 amide bonds. The van der Waals surface area contributed by atoms with Crippen LogP contribution in [0.2, 0.25) is 0 Å². The lowest BCUT2D eigenvalue weighted by atomic mass is 10.00. The summed E-state index contributed by atoms with van der Waals surface area (Å²) in [5, 5.41) is 8.88. The Bertz CT molecular complexity index is 688. The van der Waals surface area contributed by atoms with Crippen LogP contribution < -0.4 is 0 Å². The minimum atomic E-state index is -0.941. The van der Waals surface area contributed by atoms with E-state index in [4.69, 9.17) is 19.1 Å². The minimum absolute atomic E-state index is 0.0405.